The SMILES string of the molecule is CCc1cc(C(N)CCc2ccccc2)n(C)n1. The van der Waals surface area contributed by atoms with E-state index in [2.05, 4.69) is 42.4 Å². The van der Waals surface area contributed by atoms with Crippen molar-refractivity contribution in [1.82, 2.24) is 9.78 Å². The van der Waals surface area contributed by atoms with Crippen LogP contribution in [-0.2, 0) is 19.9 Å². The quantitative estimate of drug-likeness (QED) is 0.877. The van der Waals surface area contributed by atoms with Crippen LogP contribution in [0.5, 0.6) is 0 Å². The van der Waals surface area contributed by atoms with Gasteiger partial charge in [0.15, 0.2) is 0 Å². The van der Waals surface area contributed by atoms with E-state index in [1.807, 2.05) is 17.8 Å². The van der Waals surface area contributed by atoms with Crippen LogP contribution in [0.2, 0.25) is 0 Å². The number of aromatic nitrogens is 2. The number of nitrogens with two attached hydrogens (primary N) is 1. The highest BCUT2D eigenvalue weighted by Crippen LogP contribution is 2.17. The number of aryl methyl sites for hydroxylation is 3. The van der Waals surface area contributed by atoms with Crippen molar-refractivity contribution >= 4 is 0 Å². The fourth-order valence-corrected chi connectivity index (χ4v) is 2.18. The topological polar surface area (TPSA) is 43.8 Å². The van der Waals surface area contributed by atoms with Crippen LogP contribution in [0.4, 0.5) is 0 Å². The Morgan fingerprint density at radius 1 is 1.28 bits per heavy atom. The van der Waals surface area contributed by atoms with Gasteiger partial charge >= 0.3 is 0 Å². The van der Waals surface area contributed by atoms with Crippen LogP contribution in [0.1, 0.15) is 36.3 Å². The Labute approximate surface area is 109 Å². The van der Waals surface area contributed by atoms with Gasteiger partial charge in [-0.15, -0.1) is 0 Å². The predicted octanol–water partition coefficient (Wildman–Crippen LogP) is 2.62. The van der Waals surface area contributed by atoms with Crippen molar-refractivity contribution in [3.63, 3.8) is 0 Å². The van der Waals surface area contributed by atoms with E-state index in [0.717, 1.165) is 30.7 Å². The van der Waals surface area contributed by atoms with Crippen molar-refractivity contribution in [3.8, 4) is 0 Å². The van der Waals surface area contributed by atoms with Crippen molar-refractivity contribution < 1.29 is 0 Å². The summed E-state index contributed by atoms with van der Waals surface area (Å²) >= 11 is 0. The summed E-state index contributed by atoms with van der Waals surface area (Å²) in [4.78, 5) is 0. The monoisotopic (exact) mass is 243 g/mol. The van der Waals surface area contributed by atoms with E-state index in [4.69, 9.17) is 5.73 Å². The van der Waals surface area contributed by atoms with Crippen molar-refractivity contribution in [2.45, 2.75) is 32.2 Å². The molecule has 2 rings (SSSR count). The lowest BCUT2D eigenvalue weighted by Crippen LogP contribution is -2.15. The van der Waals surface area contributed by atoms with Crippen LogP contribution >= 0.6 is 0 Å². The molecule has 3 nitrogen and oxygen atoms in total. The maximum absolute atomic E-state index is 6.25. The molecular formula is C15H21N3. The van der Waals surface area contributed by atoms with E-state index >= 15 is 0 Å². The normalized spacial score (nSPS) is 12.6. The molecule has 0 fully saturated rings. The summed E-state index contributed by atoms with van der Waals surface area (Å²) in [7, 11) is 1.97. The summed E-state index contributed by atoms with van der Waals surface area (Å²) in [6.07, 6.45) is 2.92. The molecule has 0 spiro atoms. The lowest BCUT2D eigenvalue weighted by atomic mass is 10.0. The fourth-order valence-electron chi connectivity index (χ4n) is 2.18. The summed E-state index contributed by atoms with van der Waals surface area (Å²) in [5.74, 6) is 0. The highest BCUT2D eigenvalue weighted by Gasteiger charge is 2.12. The first-order valence-electron chi connectivity index (χ1n) is 6.53. The van der Waals surface area contributed by atoms with E-state index < -0.39 is 0 Å². The van der Waals surface area contributed by atoms with E-state index in [-0.39, 0.29) is 6.04 Å². The van der Waals surface area contributed by atoms with Gasteiger partial charge in [-0.3, -0.25) is 4.68 Å². The van der Waals surface area contributed by atoms with Gasteiger partial charge in [0.25, 0.3) is 0 Å². The second kappa shape index (κ2) is 5.83. The van der Waals surface area contributed by atoms with Gasteiger partial charge in [-0.1, -0.05) is 37.3 Å². The Hall–Kier alpha value is -1.61. The molecule has 1 aromatic heterocycles. The molecule has 0 aliphatic rings. The van der Waals surface area contributed by atoms with Gasteiger partial charge in [-0.05, 0) is 30.9 Å². The summed E-state index contributed by atoms with van der Waals surface area (Å²) in [6, 6.07) is 12.7. The van der Waals surface area contributed by atoms with Crippen molar-refractivity contribution in [3.05, 3.63) is 53.3 Å². The van der Waals surface area contributed by atoms with Crippen LogP contribution in [0.15, 0.2) is 36.4 Å². The molecule has 2 N–H and O–H groups in total. The second-order valence-electron chi connectivity index (χ2n) is 4.67. The molecule has 0 aliphatic heterocycles. The second-order valence-corrected chi connectivity index (χ2v) is 4.67. The summed E-state index contributed by atoms with van der Waals surface area (Å²) < 4.78 is 1.91. The number of nitrogens with zero attached hydrogens (tertiary/aromatic N) is 2. The molecule has 2 aromatic rings. The summed E-state index contributed by atoms with van der Waals surface area (Å²) in [6.45, 7) is 2.11. The maximum atomic E-state index is 6.25. The largest absolute Gasteiger partial charge is 0.323 e. The molecule has 96 valence electrons. The minimum Gasteiger partial charge on any atom is -0.323 e. The van der Waals surface area contributed by atoms with Crippen molar-refractivity contribution in [2.75, 3.05) is 0 Å². The van der Waals surface area contributed by atoms with Gasteiger partial charge in [-0.2, -0.15) is 5.10 Å². The van der Waals surface area contributed by atoms with Gasteiger partial charge < -0.3 is 5.73 Å². The molecule has 0 bridgehead atoms. The van der Waals surface area contributed by atoms with Gasteiger partial charge in [0.05, 0.1) is 11.4 Å². The molecule has 1 aromatic carbocycles. The first kappa shape index (κ1) is 12.8. The van der Waals surface area contributed by atoms with Crippen LogP contribution in [0.3, 0.4) is 0 Å². The molecule has 18 heavy (non-hydrogen) atoms. The predicted molar refractivity (Wildman–Crippen MR) is 74.3 cm³/mol. The average Bonchev–Trinajstić information content (AvgIpc) is 2.78. The van der Waals surface area contributed by atoms with Gasteiger partial charge in [-0.25, -0.2) is 0 Å². The van der Waals surface area contributed by atoms with Crippen LogP contribution in [0.25, 0.3) is 0 Å². The smallest absolute Gasteiger partial charge is 0.0625 e. The van der Waals surface area contributed by atoms with E-state index in [9.17, 15) is 0 Å². The molecule has 1 unspecified atom stereocenters. The maximum Gasteiger partial charge on any atom is 0.0625 e. The lowest BCUT2D eigenvalue weighted by molar-refractivity contribution is 0.580. The molecule has 0 radical (unpaired) electrons. The number of hydrogen-bond acceptors (Lipinski definition) is 2. The molecular weight excluding hydrogens is 222 g/mol. The molecule has 0 aliphatic carbocycles. The molecule has 1 atom stereocenters. The molecule has 0 amide bonds. The van der Waals surface area contributed by atoms with Crippen LogP contribution < -0.4 is 5.73 Å². The van der Waals surface area contributed by atoms with Gasteiger partial charge in [0.2, 0.25) is 0 Å². The Morgan fingerprint density at radius 3 is 2.61 bits per heavy atom. The third-order valence-electron chi connectivity index (χ3n) is 3.30. The molecule has 1 heterocycles. The van der Waals surface area contributed by atoms with E-state index in [0.29, 0.717) is 0 Å². The number of rotatable bonds is 5. The van der Waals surface area contributed by atoms with Gasteiger partial charge in [0, 0.05) is 13.1 Å². The lowest BCUT2D eigenvalue weighted by Gasteiger charge is -2.11. The van der Waals surface area contributed by atoms with Crippen molar-refractivity contribution in [1.29, 1.82) is 0 Å². The Kier molecular flexibility index (Phi) is 4.15. The zero-order chi connectivity index (χ0) is 13.0. The van der Waals surface area contributed by atoms with E-state index in [1.54, 1.807) is 0 Å². The van der Waals surface area contributed by atoms with Gasteiger partial charge in [0.1, 0.15) is 0 Å². The first-order valence-corrected chi connectivity index (χ1v) is 6.53. The van der Waals surface area contributed by atoms with Crippen LogP contribution in [0, 0.1) is 0 Å². The average molecular weight is 243 g/mol. The van der Waals surface area contributed by atoms with E-state index in [1.165, 1.54) is 5.56 Å². The number of benzene rings is 1. The van der Waals surface area contributed by atoms with Crippen LogP contribution in [-0.4, -0.2) is 9.78 Å². The minimum atomic E-state index is 0.0583. The zero-order valence-electron chi connectivity index (χ0n) is 11.1. The fraction of sp³-hybridized carbons (Fsp3) is 0.400. The highest BCUT2D eigenvalue weighted by atomic mass is 15.3. The first-order chi connectivity index (χ1) is 8.70. The number of hydrogen-bond donors (Lipinski definition) is 1. The Balaban J connectivity index is 1.99. The Bertz CT molecular complexity index is 488. The zero-order valence-corrected chi connectivity index (χ0v) is 11.1. The van der Waals surface area contributed by atoms with Crippen molar-refractivity contribution in [2.24, 2.45) is 12.8 Å². The third-order valence-corrected chi connectivity index (χ3v) is 3.30. The molecule has 0 saturated heterocycles. The Morgan fingerprint density at radius 2 is 2.00 bits per heavy atom. The summed E-state index contributed by atoms with van der Waals surface area (Å²) in [5, 5.41) is 4.44. The highest BCUT2D eigenvalue weighted by molar-refractivity contribution is 5.17. The summed E-state index contributed by atoms with van der Waals surface area (Å²) in [5.41, 5.74) is 9.83. The standard InChI is InChI=1S/C15H21N3/c1-3-13-11-15(18(2)17-13)14(16)10-9-12-7-5-4-6-8-12/h4-8,11,14H,3,9-10,16H2,1-2H3. The minimum absolute atomic E-state index is 0.0583. The third kappa shape index (κ3) is 2.99. The molecule has 0 saturated carbocycles. The molecule has 3 heteroatoms.